The molecule has 0 atom stereocenters. The maximum Gasteiger partial charge on any atom is 0.167 e. The molecule has 0 bridgehead atoms. The molecule has 9 heteroatoms. The van der Waals surface area contributed by atoms with Gasteiger partial charge in [0.15, 0.2) is 11.0 Å². The fourth-order valence-corrected chi connectivity index (χ4v) is 4.60. The third-order valence-electron chi connectivity index (χ3n) is 6.31. The van der Waals surface area contributed by atoms with Gasteiger partial charge in [-0.25, -0.2) is 15.2 Å². The number of hydrogen-bond acceptors (Lipinski definition) is 5. The topological polar surface area (TPSA) is 103 Å². The second-order valence-electron chi connectivity index (χ2n) is 8.94. The Labute approximate surface area is 227 Å². The van der Waals surface area contributed by atoms with E-state index in [1.807, 2.05) is 30.3 Å². The lowest BCUT2D eigenvalue weighted by atomic mass is 9.98. The number of nitrogens with zero attached hydrogens (tertiary/aromatic N) is 3. The number of unbranched alkanes of at least 4 members (excludes halogenated alkanes) is 1. The first-order chi connectivity index (χ1) is 18.5. The molecule has 7 nitrogen and oxygen atoms in total. The number of hydrazine groups is 1. The Bertz CT molecular complexity index is 1390. The second kappa shape index (κ2) is 13.2. The molecule has 0 aliphatic heterocycles. The average Bonchev–Trinajstić information content (AvgIpc) is 3.22. The lowest BCUT2D eigenvalue weighted by Gasteiger charge is -2.14. The normalized spacial score (nSPS) is 11.6. The van der Waals surface area contributed by atoms with E-state index in [0.29, 0.717) is 17.5 Å². The number of aromatic nitrogens is 2. The highest BCUT2D eigenvalue weighted by Crippen LogP contribution is 2.26. The monoisotopic (exact) mass is 534 g/mol. The maximum atomic E-state index is 13.5. The van der Waals surface area contributed by atoms with Crippen molar-refractivity contribution in [1.82, 2.24) is 15.0 Å². The minimum absolute atomic E-state index is 0.271. The van der Waals surface area contributed by atoms with Gasteiger partial charge in [-0.05, 0) is 40.8 Å². The summed E-state index contributed by atoms with van der Waals surface area (Å²) in [6, 6.07) is 22.5. The molecule has 0 amide bonds. The van der Waals surface area contributed by atoms with Crippen LogP contribution in [0.4, 0.5) is 4.39 Å². The van der Waals surface area contributed by atoms with Crippen molar-refractivity contribution >= 4 is 17.4 Å². The lowest BCUT2D eigenvalue weighted by molar-refractivity contribution is 0.102. The van der Waals surface area contributed by atoms with Gasteiger partial charge >= 0.3 is 0 Å². The largest absolute Gasteiger partial charge is 0.370 e. The van der Waals surface area contributed by atoms with Crippen molar-refractivity contribution in [1.29, 1.82) is 0 Å². The van der Waals surface area contributed by atoms with E-state index < -0.39 is 0 Å². The number of halogens is 2. The van der Waals surface area contributed by atoms with Crippen LogP contribution < -0.4 is 17.1 Å². The molecule has 1 heterocycles. The Morgan fingerprint density at radius 3 is 2.55 bits per heavy atom. The molecule has 0 saturated heterocycles. The number of benzene rings is 3. The number of imidazole rings is 1. The molecule has 0 saturated carbocycles. The van der Waals surface area contributed by atoms with E-state index in [0.717, 1.165) is 58.6 Å². The van der Waals surface area contributed by atoms with Crippen molar-refractivity contribution in [2.45, 2.75) is 45.9 Å². The Kier molecular flexibility index (Phi) is 9.48. The van der Waals surface area contributed by atoms with Crippen molar-refractivity contribution in [2.24, 2.45) is 16.8 Å². The minimum Gasteiger partial charge on any atom is -0.370 e. The molecular formula is C29H32ClFN6O. The summed E-state index contributed by atoms with van der Waals surface area (Å²) in [5.74, 6) is 12.2. The highest BCUT2D eigenvalue weighted by molar-refractivity contribution is 6.30. The minimum atomic E-state index is -0.284. The molecule has 0 unspecified atom stereocenters. The molecule has 4 aromatic rings. The first-order valence-corrected chi connectivity index (χ1v) is 12.9. The van der Waals surface area contributed by atoms with Crippen LogP contribution in [0.3, 0.4) is 0 Å². The molecule has 0 spiro atoms. The lowest BCUT2D eigenvalue weighted by Crippen LogP contribution is -2.32. The summed E-state index contributed by atoms with van der Waals surface area (Å²) >= 11 is 6.57. The number of nitrogens with one attached hydrogen (secondary N) is 1. The van der Waals surface area contributed by atoms with Crippen LogP contribution in [0.5, 0.6) is 0 Å². The van der Waals surface area contributed by atoms with Crippen LogP contribution in [0.15, 0.2) is 77.9 Å². The van der Waals surface area contributed by atoms with Gasteiger partial charge in [-0.2, -0.15) is 5.10 Å². The summed E-state index contributed by atoms with van der Waals surface area (Å²) in [5.41, 5.74) is 8.00. The zero-order valence-electron chi connectivity index (χ0n) is 21.3. The Morgan fingerprint density at radius 1 is 1.05 bits per heavy atom. The van der Waals surface area contributed by atoms with E-state index in [4.69, 9.17) is 28.0 Å². The number of hydrogen-bond donors (Lipinski definition) is 3. The second-order valence-corrected chi connectivity index (χ2v) is 9.30. The molecule has 1 aromatic heterocycles. The van der Waals surface area contributed by atoms with Crippen molar-refractivity contribution in [3.05, 3.63) is 112 Å². The number of hydrazone groups is 1. The average molecular weight is 535 g/mol. The summed E-state index contributed by atoms with van der Waals surface area (Å²) in [6.07, 6.45) is 2.88. The summed E-state index contributed by atoms with van der Waals surface area (Å²) in [5, 5.41) is 4.19. The van der Waals surface area contributed by atoms with Crippen LogP contribution in [0.1, 0.15) is 48.0 Å². The van der Waals surface area contributed by atoms with Gasteiger partial charge in [0.25, 0.3) is 0 Å². The van der Waals surface area contributed by atoms with Crippen LogP contribution in [-0.4, -0.2) is 15.4 Å². The van der Waals surface area contributed by atoms with Gasteiger partial charge in [0.05, 0.1) is 18.9 Å². The van der Waals surface area contributed by atoms with E-state index >= 15 is 0 Å². The zero-order chi connectivity index (χ0) is 26.9. The third-order valence-corrected chi connectivity index (χ3v) is 6.61. The zero-order valence-corrected chi connectivity index (χ0v) is 22.1. The van der Waals surface area contributed by atoms with Gasteiger partial charge in [0.2, 0.25) is 0 Å². The summed E-state index contributed by atoms with van der Waals surface area (Å²) < 4.78 is 21.6. The van der Waals surface area contributed by atoms with Crippen molar-refractivity contribution in [3.63, 3.8) is 0 Å². The van der Waals surface area contributed by atoms with Gasteiger partial charge in [0, 0.05) is 18.5 Å². The molecule has 38 heavy (non-hydrogen) atoms. The van der Waals surface area contributed by atoms with Gasteiger partial charge in [0.1, 0.15) is 11.6 Å². The molecule has 5 N–H and O–H groups in total. The van der Waals surface area contributed by atoms with E-state index in [1.54, 1.807) is 6.07 Å². The van der Waals surface area contributed by atoms with Gasteiger partial charge in [-0.1, -0.05) is 85.6 Å². The molecule has 198 valence electrons. The maximum absolute atomic E-state index is 13.5. The molecule has 0 fully saturated rings. The fraction of sp³-hybridized carbons (Fsp3) is 0.241. The Morgan fingerprint density at radius 2 is 1.84 bits per heavy atom. The molecule has 0 aliphatic rings. The van der Waals surface area contributed by atoms with Crippen LogP contribution in [0.25, 0.3) is 11.1 Å². The molecule has 0 radical (unpaired) electrons. The number of aryl methyl sites for hydroxylation is 1. The highest BCUT2D eigenvalue weighted by Gasteiger charge is 2.17. The third kappa shape index (κ3) is 6.58. The molecule has 0 aliphatic carbocycles. The number of amidine groups is 1. The SMILES string of the molecule is CCCCc1nc(Cl)c(COCc2cccc(F)c2)n1Cc1ccc(-c2ccccc2/C(=N/N)NN)cc1. The Balaban J connectivity index is 1.56. The smallest absolute Gasteiger partial charge is 0.167 e. The van der Waals surface area contributed by atoms with Gasteiger partial charge in [-0.3, -0.25) is 0 Å². The molecular weight excluding hydrogens is 503 g/mol. The van der Waals surface area contributed by atoms with Gasteiger partial charge in [-0.15, -0.1) is 0 Å². The van der Waals surface area contributed by atoms with Gasteiger partial charge < -0.3 is 20.6 Å². The van der Waals surface area contributed by atoms with Crippen LogP contribution >= 0.6 is 11.6 Å². The molecule has 4 rings (SSSR count). The Hall–Kier alpha value is -3.72. The van der Waals surface area contributed by atoms with E-state index in [2.05, 4.69) is 51.3 Å². The van der Waals surface area contributed by atoms with Crippen molar-refractivity contribution in [2.75, 3.05) is 0 Å². The van der Waals surface area contributed by atoms with E-state index in [9.17, 15) is 4.39 Å². The van der Waals surface area contributed by atoms with Crippen LogP contribution in [0, 0.1) is 5.82 Å². The molecule has 3 aromatic carbocycles. The number of nitrogens with two attached hydrogens (primary N) is 2. The predicted molar refractivity (Wildman–Crippen MR) is 150 cm³/mol. The van der Waals surface area contributed by atoms with Crippen molar-refractivity contribution < 1.29 is 9.13 Å². The van der Waals surface area contributed by atoms with E-state index in [-0.39, 0.29) is 19.0 Å². The number of ether oxygens (including phenoxy) is 1. The fourth-order valence-electron chi connectivity index (χ4n) is 4.35. The number of rotatable bonds is 11. The quantitative estimate of drug-likeness (QED) is 0.101. The summed E-state index contributed by atoms with van der Waals surface area (Å²) in [7, 11) is 0. The summed E-state index contributed by atoms with van der Waals surface area (Å²) in [6.45, 7) is 3.30. The summed E-state index contributed by atoms with van der Waals surface area (Å²) in [4.78, 5) is 4.64. The highest BCUT2D eigenvalue weighted by atomic mass is 35.5. The van der Waals surface area contributed by atoms with E-state index in [1.165, 1.54) is 12.1 Å². The first-order valence-electron chi connectivity index (χ1n) is 12.5. The van der Waals surface area contributed by atoms with Crippen molar-refractivity contribution in [3.8, 4) is 11.1 Å². The van der Waals surface area contributed by atoms with Crippen LogP contribution in [0.2, 0.25) is 5.15 Å². The first kappa shape index (κ1) is 27.3. The predicted octanol–water partition coefficient (Wildman–Crippen LogP) is 5.53. The van der Waals surface area contributed by atoms with Crippen LogP contribution in [-0.2, 0) is 30.9 Å². The standard InChI is InChI=1S/C29H32ClFN6O/c1-2-3-11-27-34-28(30)26(19-38-18-21-7-6-8-23(31)16-21)37(27)17-20-12-14-22(15-13-20)24-9-4-5-10-25(24)29(35-32)36-33/h4-10,12-16H,2-3,11,17-19,32-33H2,1H3,(H,35,36).